The van der Waals surface area contributed by atoms with E-state index in [0.29, 0.717) is 19.3 Å². The van der Waals surface area contributed by atoms with E-state index in [2.05, 4.69) is 32.9 Å². The van der Waals surface area contributed by atoms with Gasteiger partial charge in [0, 0.05) is 19.3 Å². The highest BCUT2D eigenvalue weighted by Crippen LogP contribution is 2.18. The van der Waals surface area contributed by atoms with E-state index in [0.717, 1.165) is 64.2 Å². The second-order valence-electron chi connectivity index (χ2n) is 22.4. The van der Waals surface area contributed by atoms with Gasteiger partial charge in [0.25, 0.3) is 0 Å². The third-order valence-electron chi connectivity index (χ3n) is 15.0. The zero-order valence-electron chi connectivity index (χ0n) is 49.0. The van der Waals surface area contributed by atoms with Gasteiger partial charge in [-0.15, -0.1) is 0 Å². The lowest BCUT2D eigenvalue weighted by Crippen LogP contribution is -2.30. The molecule has 0 aliphatic heterocycles. The Bertz CT molecular complexity index is 1120. The van der Waals surface area contributed by atoms with Crippen LogP contribution >= 0.6 is 0 Å². The Morgan fingerprint density at radius 2 is 0.458 bits per heavy atom. The molecule has 0 aromatic carbocycles. The quantitative estimate of drug-likeness (QED) is 0.0261. The van der Waals surface area contributed by atoms with Crippen LogP contribution in [0.5, 0.6) is 0 Å². The van der Waals surface area contributed by atoms with E-state index in [9.17, 15) is 14.4 Å². The largest absolute Gasteiger partial charge is 0.462 e. The fraction of sp³-hybridized carbons (Fsp3) is 0.924. The van der Waals surface area contributed by atoms with Crippen LogP contribution in [0.15, 0.2) is 12.2 Å². The Morgan fingerprint density at radius 1 is 0.264 bits per heavy atom. The van der Waals surface area contributed by atoms with Crippen LogP contribution in [0.1, 0.15) is 374 Å². The Kier molecular flexibility index (Phi) is 60.1. The molecule has 6 nitrogen and oxygen atoms in total. The maximum absolute atomic E-state index is 12.8. The number of ether oxygens (including phenoxy) is 3. The van der Waals surface area contributed by atoms with Gasteiger partial charge in [-0.2, -0.15) is 0 Å². The van der Waals surface area contributed by atoms with Crippen LogP contribution in [0, 0.1) is 0 Å². The molecule has 0 N–H and O–H groups in total. The molecule has 0 aromatic heterocycles. The summed E-state index contributed by atoms with van der Waals surface area (Å²) in [4.78, 5) is 38.2. The van der Waals surface area contributed by atoms with Gasteiger partial charge in [-0.05, 0) is 44.9 Å². The summed E-state index contributed by atoms with van der Waals surface area (Å²) in [6.07, 6.45) is 72.4. The van der Waals surface area contributed by atoms with Gasteiger partial charge in [-0.1, -0.05) is 322 Å². The fourth-order valence-electron chi connectivity index (χ4n) is 10.1. The Balaban J connectivity index is 4.07. The summed E-state index contributed by atoms with van der Waals surface area (Å²) in [5.41, 5.74) is 0. The lowest BCUT2D eigenvalue weighted by atomic mass is 10.0. The molecular weight excluding hydrogens is 889 g/mol. The van der Waals surface area contributed by atoms with E-state index < -0.39 is 6.10 Å². The predicted molar refractivity (Wildman–Crippen MR) is 312 cm³/mol. The van der Waals surface area contributed by atoms with Crippen LogP contribution in [-0.2, 0) is 28.6 Å². The zero-order valence-corrected chi connectivity index (χ0v) is 49.0. The van der Waals surface area contributed by atoms with Crippen LogP contribution in [0.25, 0.3) is 0 Å². The molecule has 1 unspecified atom stereocenters. The monoisotopic (exact) mass is 1010 g/mol. The summed E-state index contributed by atoms with van der Waals surface area (Å²) in [7, 11) is 0. The highest BCUT2D eigenvalue weighted by Gasteiger charge is 2.19. The number of esters is 3. The Hall–Kier alpha value is -1.85. The van der Waals surface area contributed by atoms with E-state index in [4.69, 9.17) is 14.2 Å². The Morgan fingerprint density at radius 3 is 0.722 bits per heavy atom. The SMILES string of the molecule is CCCCC/C=C\CCCCCCCC(=O)OCC(COC(=O)CCCCCCCCCCCCCCCCCCCCCCCCCCCCCCC)OC(=O)CCCCCCCCCCCCCCC. The first kappa shape index (κ1) is 70.1. The van der Waals surface area contributed by atoms with Gasteiger partial charge in [0.2, 0.25) is 0 Å². The minimum Gasteiger partial charge on any atom is -0.462 e. The third kappa shape index (κ3) is 59.0. The number of hydrogen-bond donors (Lipinski definition) is 0. The number of hydrogen-bond acceptors (Lipinski definition) is 6. The van der Waals surface area contributed by atoms with Gasteiger partial charge in [0.05, 0.1) is 0 Å². The topological polar surface area (TPSA) is 78.9 Å². The summed E-state index contributed by atoms with van der Waals surface area (Å²) in [5.74, 6) is -0.849. The van der Waals surface area contributed by atoms with Crippen LogP contribution in [0.4, 0.5) is 0 Å². The van der Waals surface area contributed by atoms with Crippen molar-refractivity contribution >= 4 is 17.9 Å². The van der Waals surface area contributed by atoms with Crippen LogP contribution in [0.2, 0.25) is 0 Å². The molecule has 6 heteroatoms. The smallest absolute Gasteiger partial charge is 0.306 e. The zero-order chi connectivity index (χ0) is 52.2. The number of allylic oxidation sites excluding steroid dienone is 2. The standard InChI is InChI=1S/C66H126O6/c1-4-7-10-13-16-19-22-25-26-27-28-29-30-31-32-33-34-35-36-37-38-39-40-42-44-47-50-53-56-59-65(68)71-62-63(61-70-64(67)58-55-52-49-46-43-24-21-18-15-12-9-6-3)72-66(69)60-57-54-51-48-45-41-23-20-17-14-11-8-5-2/h18,21,63H,4-17,19-20,22-62H2,1-3H3/b21-18-. The van der Waals surface area contributed by atoms with Crippen LogP contribution in [-0.4, -0.2) is 37.2 Å². The summed E-state index contributed by atoms with van der Waals surface area (Å²) >= 11 is 0. The molecule has 426 valence electrons. The van der Waals surface area contributed by atoms with Crippen molar-refractivity contribution in [1.82, 2.24) is 0 Å². The second-order valence-corrected chi connectivity index (χ2v) is 22.4. The molecule has 0 bridgehead atoms. The normalized spacial score (nSPS) is 12.0. The minimum atomic E-state index is -0.768. The van der Waals surface area contributed by atoms with Crippen molar-refractivity contribution in [2.45, 2.75) is 380 Å². The maximum Gasteiger partial charge on any atom is 0.306 e. The maximum atomic E-state index is 12.8. The molecule has 0 spiro atoms. The number of unbranched alkanes of at least 4 members (excludes halogenated alkanes) is 48. The van der Waals surface area contributed by atoms with E-state index in [1.807, 2.05) is 0 Å². The molecule has 0 aromatic rings. The van der Waals surface area contributed by atoms with Gasteiger partial charge >= 0.3 is 17.9 Å². The van der Waals surface area contributed by atoms with E-state index in [1.54, 1.807) is 0 Å². The molecule has 72 heavy (non-hydrogen) atoms. The van der Waals surface area contributed by atoms with Gasteiger partial charge < -0.3 is 14.2 Å². The molecule has 0 saturated carbocycles. The van der Waals surface area contributed by atoms with Crippen molar-refractivity contribution in [3.63, 3.8) is 0 Å². The average molecular weight is 1020 g/mol. The summed E-state index contributed by atoms with van der Waals surface area (Å²) in [6.45, 7) is 6.67. The molecule has 0 saturated heterocycles. The molecule has 0 fully saturated rings. The first-order valence-corrected chi connectivity index (χ1v) is 32.7. The minimum absolute atomic E-state index is 0.0664. The third-order valence-corrected chi connectivity index (χ3v) is 15.0. The predicted octanol–water partition coefficient (Wildman–Crippen LogP) is 22.1. The molecule has 1 atom stereocenters. The van der Waals surface area contributed by atoms with Crippen molar-refractivity contribution in [1.29, 1.82) is 0 Å². The molecule has 0 heterocycles. The fourth-order valence-corrected chi connectivity index (χ4v) is 10.1. The molecule has 0 radical (unpaired) electrons. The number of carbonyl (C=O) groups is 3. The lowest BCUT2D eigenvalue weighted by Gasteiger charge is -2.18. The van der Waals surface area contributed by atoms with E-state index in [1.165, 1.54) is 270 Å². The van der Waals surface area contributed by atoms with Gasteiger partial charge in [0.15, 0.2) is 6.10 Å². The highest BCUT2D eigenvalue weighted by atomic mass is 16.6. The number of carbonyl (C=O) groups excluding carboxylic acids is 3. The number of rotatable bonds is 61. The molecule has 0 aliphatic carbocycles. The van der Waals surface area contributed by atoms with Crippen molar-refractivity contribution in [3.05, 3.63) is 12.2 Å². The summed E-state index contributed by atoms with van der Waals surface area (Å²) in [6, 6.07) is 0. The average Bonchev–Trinajstić information content (AvgIpc) is 3.38. The van der Waals surface area contributed by atoms with Gasteiger partial charge in [-0.25, -0.2) is 0 Å². The van der Waals surface area contributed by atoms with Crippen molar-refractivity contribution < 1.29 is 28.6 Å². The van der Waals surface area contributed by atoms with Crippen LogP contribution < -0.4 is 0 Å². The first-order valence-electron chi connectivity index (χ1n) is 32.7. The second kappa shape index (κ2) is 61.7. The first-order chi connectivity index (χ1) is 35.5. The van der Waals surface area contributed by atoms with E-state index in [-0.39, 0.29) is 31.1 Å². The molecule has 0 aliphatic rings. The van der Waals surface area contributed by atoms with Crippen LogP contribution in [0.3, 0.4) is 0 Å². The van der Waals surface area contributed by atoms with E-state index >= 15 is 0 Å². The molecule has 0 rings (SSSR count). The summed E-state index contributed by atoms with van der Waals surface area (Å²) < 4.78 is 16.9. The highest BCUT2D eigenvalue weighted by molar-refractivity contribution is 5.71. The molecule has 0 amide bonds. The van der Waals surface area contributed by atoms with Gasteiger partial charge in [-0.3, -0.25) is 14.4 Å². The summed E-state index contributed by atoms with van der Waals surface area (Å²) in [5, 5.41) is 0. The van der Waals surface area contributed by atoms with Gasteiger partial charge in [0.1, 0.15) is 13.2 Å². The van der Waals surface area contributed by atoms with Crippen molar-refractivity contribution in [2.24, 2.45) is 0 Å². The lowest BCUT2D eigenvalue weighted by molar-refractivity contribution is -0.167. The Labute approximate surface area is 450 Å². The molecular formula is C66H126O6. The van der Waals surface area contributed by atoms with Crippen molar-refractivity contribution in [2.75, 3.05) is 13.2 Å². The van der Waals surface area contributed by atoms with Crippen molar-refractivity contribution in [3.8, 4) is 0 Å².